The Kier molecular flexibility index (Phi) is 8.64. The van der Waals surface area contributed by atoms with Crippen molar-refractivity contribution in [3.63, 3.8) is 0 Å². The first-order valence-corrected chi connectivity index (χ1v) is 9.52. The van der Waals surface area contributed by atoms with E-state index in [1.165, 1.54) is 11.8 Å². The van der Waals surface area contributed by atoms with E-state index in [-0.39, 0.29) is 0 Å². The molecule has 2 aromatic rings. The molecule has 3 N–H and O–H groups in total. The molecular weight excluding hydrogens is 424 g/mol. The van der Waals surface area contributed by atoms with Crippen LogP contribution in [0.1, 0.15) is 17.5 Å². The number of aryl methyl sites for hydroxylation is 1. The second-order valence-corrected chi connectivity index (χ2v) is 6.94. The van der Waals surface area contributed by atoms with Crippen molar-refractivity contribution in [2.24, 2.45) is 5.10 Å². The number of hydrogen-bond donors (Lipinski definition) is 3. The third-order valence-electron chi connectivity index (χ3n) is 3.73. The fraction of sp³-hybridized carbons (Fsp3) is 0.250. The second kappa shape index (κ2) is 11.2. The SMILES string of the molecule is COCCCNC(=O)C(=O)N/N=C\c1cc(Br)ccc1Nc1ccc(C)cc1. The van der Waals surface area contributed by atoms with Crippen molar-refractivity contribution in [3.05, 3.63) is 58.1 Å². The summed E-state index contributed by atoms with van der Waals surface area (Å²) in [6.45, 7) is 2.90. The smallest absolute Gasteiger partial charge is 0.329 e. The summed E-state index contributed by atoms with van der Waals surface area (Å²) in [6, 6.07) is 13.6. The number of carbonyl (C=O) groups is 2. The Morgan fingerprint density at radius 3 is 2.61 bits per heavy atom. The summed E-state index contributed by atoms with van der Waals surface area (Å²) in [5.74, 6) is -1.56. The second-order valence-electron chi connectivity index (χ2n) is 6.02. The molecule has 0 aromatic heterocycles. The van der Waals surface area contributed by atoms with E-state index in [9.17, 15) is 9.59 Å². The first kappa shape index (κ1) is 21.6. The van der Waals surface area contributed by atoms with Gasteiger partial charge in [0.15, 0.2) is 0 Å². The van der Waals surface area contributed by atoms with Crippen molar-refractivity contribution in [1.29, 1.82) is 0 Å². The number of carbonyl (C=O) groups excluding carboxylic acids is 2. The van der Waals surface area contributed by atoms with Gasteiger partial charge in [0.05, 0.1) is 6.21 Å². The van der Waals surface area contributed by atoms with Crippen LogP contribution in [0.5, 0.6) is 0 Å². The quantitative estimate of drug-likeness (QED) is 0.251. The maximum absolute atomic E-state index is 11.8. The number of anilines is 2. The highest BCUT2D eigenvalue weighted by molar-refractivity contribution is 9.10. The van der Waals surface area contributed by atoms with Crippen molar-refractivity contribution in [3.8, 4) is 0 Å². The summed E-state index contributed by atoms with van der Waals surface area (Å²) in [5, 5.41) is 9.70. The molecule has 2 amide bonds. The molecule has 0 aliphatic heterocycles. The molecule has 0 heterocycles. The minimum absolute atomic E-state index is 0.361. The van der Waals surface area contributed by atoms with Gasteiger partial charge in [0.1, 0.15) is 0 Å². The average molecular weight is 447 g/mol. The minimum Gasteiger partial charge on any atom is -0.385 e. The van der Waals surface area contributed by atoms with Gasteiger partial charge in [-0.15, -0.1) is 0 Å². The molecule has 0 saturated heterocycles. The Hall–Kier alpha value is -2.71. The molecule has 0 saturated carbocycles. The molecular formula is C20H23BrN4O3. The number of halogens is 1. The average Bonchev–Trinajstić information content (AvgIpc) is 2.68. The first-order chi connectivity index (χ1) is 13.5. The summed E-state index contributed by atoms with van der Waals surface area (Å²) >= 11 is 3.43. The van der Waals surface area contributed by atoms with Crippen LogP contribution in [-0.2, 0) is 14.3 Å². The summed E-state index contributed by atoms with van der Waals surface area (Å²) in [5.41, 5.74) is 5.90. The van der Waals surface area contributed by atoms with Gasteiger partial charge >= 0.3 is 11.8 Å². The molecule has 7 nitrogen and oxygen atoms in total. The van der Waals surface area contributed by atoms with E-state index in [1.807, 2.05) is 49.4 Å². The maximum atomic E-state index is 11.8. The fourth-order valence-electron chi connectivity index (χ4n) is 2.26. The van der Waals surface area contributed by atoms with Gasteiger partial charge in [-0.2, -0.15) is 5.10 Å². The number of methoxy groups -OCH3 is 1. The normalized spacial score (nSPS) is 10.7. The van der Waals surface area contributed by atoms with E-state index >= 15 is 0 Å². The molecule has 8 heteroatoms. The number of rotatable bonds is 8. The van der Waals surface area contributed by atoms with Gasteiger partial charge in [0.25, 0.3) is 0 Å². The van der Waals surface area contributed by atoms with Crippen LogP contribution in [0.3, 0.4) is 0 Å². The molecule has 0 atom stereocenters. The van der Waals surface area contributed by atoms with Crippen LogP contribution in [0.4, 0.5) is 11.4 Å². The van der Waals surface area contributed by atoms with Crippen molar-refractivity contribution >= 4 is 45.3 Å². The topological polar surface area (TPSA) is 91.8 Å². The van der Waals surface area contributed by atoms with Gasteiger partial charge in [-0.3, -0.25) is 9.59 Å². The van der Waals surface area contributed by atoms with Crippen LogP contribution in [0.15, 0.2) is 52.0 Å². The Labute approximate surface area is 172 Å². The van der Waals surface area contributed by atoms with Crippen LogP contribution in [0.2, 0.25) is 0 Å². The summed E-state index contributed by atoms with van der Waals surface area (Å²) in [7, 11) is 1.58. The molecule has 0 radical (unpaired) electrons. The number of benzene rings is 2. The lowest BCUT2D eigenvalue weighted by Crippen LogP contribution is -2.38. The number of nitrogens with zero attached hydrogens (tertiary/aromatic N) is 1. The van der Waals surface area contributed by atoms with Gasteiger partial charge in [-0.25, -0.2) is 5.43 Å². The monoisotopic (exact) mass is 446 g/mol. The van der Waals surface area contributed by atoms with Crippen LogP contribution in [0.25, 0.3) is 0 Å². The predicted octanol–water partition coefficient (Wildman–Crippen LogP) is 3.10. The van der Waals surface area contributed by atoms with Crippen LogP contribution in [0, 0.1) is 6.92 Å². The number of hydrazone groups is 1. The van der Waals surface area contributed by atoms with Crippen LogP contribution >= 0.6 is 15.9 Å². The van der Waals surface area contributed by atoms with Gasteiger partial charge < -0.3 is 15.4 Å². The van der Waals surface area contributed by atoms with E-state index in [0.717, 1.165) is 21.4 Å². The van der Waals surface area contributed by atoms with Gasteiger partial charge in [0.2, 0.25) is 0 Å². The Morgan fingerprint density at radius 1 is 1.14 bits per heavy atom. The highest BCUT2D eigenvalue weighted by Gasteiger charge is 2.11. The first-order valence-electron chi connectivity index (χ1n) is 8.73. The van der Waals surface area contributed by atoms with E-state index in [0.29, 0.717) is 19.6 Å². The number of amides is 2. The number of ether oxygens (including phenoxy) is 1. The lowest BCUT2D eigenvalue weighted by molar-refractivity contribution is -0.139. The molecule has 0 aliphatic rings. The fourth-order valence-corrected chi connectivity index (χ4v) is 2.64. The van der Waals surface area contributed by atoms with Crippen molar-refractivity contribution in [2.75, 3.05) is 25.6 Å². The Balaban J connectivity index is 1.98. The Bertz CT molecular complexity index is 838. The van der Waals surface area contributed by atoms with Crippen molar-refractivity contribution in [2.45, 2.75) is 13.3 Å². The lowest BCUT2D eigenvalue weighted by Gasteiger charge is -2.10. The summed E-state index contributed by atoms with van der Waals surface area (Å²) in [4.78, 5) is 23.5. The third-order valence-corrected chi connectivity index (χ3v) is 4.22. The van der Waals surface area contributed by atoms with Crippen LogP contribution < -0.4 is 16.1 Å². The van der Waals surface area contributed by atoms with Crippen molar-refractivity contribution in [1.82, 2.24) is 10.7 Å². The highest BCUT2D eigenvalue weighted by atomic mass is 79.9. The zero-order valence-corrected chi connectivity index (χ0v) is 17.4. The molecule has 0 spiro atoms. The molecule has 0 fully saturated rings. The molecule has 0 bridgehead atoms. The molecule has 2 aromatic carbocycles. The molecule has 28 heavy (non-hydrogen) atoms. The standard InChI is InChI=1S/C20H23BrN4O3/c1-14-4-7-17(8-5-14)24-18-9-6-16(21)12-15(18)13-23-25-20(27)19(26)22-10-3-11-28-2/h4-9,12-13,24H,3,10-11H2,1-2H3,(H,22,26)(H,25,27)/b23-13-. The lowest BCUT2D eigenvalue weighted by atomic mass is 10.1. The van der Waals surface area contributed by atoms with E-state index in [1.54, 1.807) is 7.11 Å². The van der Waals surface area contributed by atoms with Crippen LogP contribution in [-0.4, -0.2) is 38.3 Å². The van der Waals surface area contributed by atoms with Crippen molar-refractivity contribution < 1.29 is 14.3 Å². The van der Waals surface area contributed by atoms with E-state index in [4.69, 9.17) is 4.74 Å². The van der Waals surface area contributed by atoms with E-state index in [2.05, 4.69) is 37.1 Å². The molecule has 2 rings (SSSR count). The minimum atomic E-state index is -0.822. The Morgan fingerprint density at radius 2 is 1.89 bits per heavy atom. The molecule has 148 valence electrons. The van der Waals surface area contributed by atoms with Gasteiger partial charge in [-0.05, 0) is 43.7 Å². The summed E-state index contributed by atoms with van der Waals surface area (Å²) in [6.07, 6.45) is 2.11. The van der Waals surface area contributed by atoms with Gasteiger partial charge in [0, 0.05) is 41.7 Å². The number of hydrogen-bond acceptors (Lipinski definition) is 5. The maximum Gasteiger partial charge on any atom is 0.329 e. The predicted molar refractivity (Wildman–Crippen MR) is 114 cm³/mol. The zero-order chi connectivity index (χ0) is 20.4. The molecule has 0 aliphatic carbocycles. The third kappa shape index (κ3) is 7.13. The highest BCUT2D eigenvalue weighted by Crippen LogP contribution is 2.23. The molecule has 0 unspecified atom stereocenters. The van der Waals surface area contributed by atoms with E-state index < -0.39 is 11.8 Å². The van der Waals surface area contributed by atoms with Gasteiger partial charge in [-0.1, -0.05) is 33.6 Å². The largest absolute Gasteiger partial charge is 0.385 e. The number of nitrogens with one attached hydrogen (secondary N) is 3. The zero-order valence-electron chi connectivity index (χ0n) is 15.8. The summed E-state index contributed by atoms with van der Waals surface area (Å²) < 4.78 is 5.75.